The molecule has 0 aliphatic carbocycles. The summed E-state index contributed by atoms with van der Waals surface area (Å²) in [4.78, 5) is 25.3. The van der Waals surface area contributed by atoms with Crippen LogP contribution in [0.25, 0.3) is 0 Å². The van der Waals surface area contributed by atoms with E-state index in [0.717, 1.165) is 76.6 Å². The molecular formula is C22H29ClF3N3O4. The quantitative estimate of drug-likeness (QED) is 0.655. The van der Waals surface area contributed by atoms with Crippen LogP contribution in [0.3, 0.4) is 0 Å². The molecule has 11 heteroatoms. The number of hydrogen-bond acceptors (Lipinski definition) is 4. The molecule has 0 bridgehead atoms. The number of likely N-dealkylation sites (tertiary alicyclic amines) is 2. The van der Waals surface area contributed by atoms with Gasteiger partial charge in [0, 0.05) is 50.9 Å². The lowest BCUT2D eigenvalue weighted by molar-refractivity contribution is -0.192. The number of aliphatic carboxylic acids is 1. The van der Waals surface area contributed by atoms with Gasteiger partial charge >= 0.3 is 18.2 Å². The van der Waals surface area contributed by atoms with Gasteiger partial charge in [-0.25, -0.2) is 9.59 Å². The van der Waals surface area contributed by atoms with Gasteiger partial charge < -0.3 is 20.1 Å². The highest BCUT2D eigenvalue weighted by Gasteiger charge is 2.52. The van der Waals surface area contributed by atoms with Crippen molar-refractivity contribution in [3.63, 3.8) is 0 Å². The Morgan fingerprint density at radius 2 is 1.85 bits per heavy atom. The Morgan fingerprint density at radius 1 is 1.21 bits per heavy atom. The standard InChI is InChI=1S/C20H28ClN3O2.C2HF3O2/c21-18-6-2-1-5-16(18)13-23-14-20(15-23)17(8-12-26-20)7-9-22-19(25)24-10-3-4-11-24;3-2(4,5)1(6)7/h1-2,5-6,17H,3-4,7-15H2,(H,22,25);(H,6,7). The lowest BCUT2D eigenvalue weighted by atomic mass is 9.78. The van der Waals surface area contributed by atoms with Crippen molar-refractivity contribution in [3.8, 4) is 0 Å². The number of carbonyl (C=O) groups is 2. The third kappa shape index (κ3) is 6.74. The molecule has 1 aromatic rings. The molecule has 1 atom stereocenters. The zero-order valence-corrected chi connectivity index (χ0v) is 19.0. The van der Waals surface area contributed by atoms with Crippen molar-refractivity contribution in [2.45, 2.75) is 44.0 Å². The van der Waals surface area contributed by atoms with E-state index in [4.69, 9.17) is 26.2 Å². The third-order valence-corrected chi connectivity index (χ3v) is 6.71. The molecule has 3 heterocycles. The van der Waals surface area contributed by atoms with Crippen molar-refractivity contribution >= 4 is 23.6 Å². The summed E-state index contributed by atoms with van der Waals surface area (Å²) in [6.45, 7) is 6.19. The highest BCUT2D eigenvalue weighted by atomic mass is 35.5. The molecule has 1 unspecified atom stereocenters. The minimum absolute atomic E-state index is 0.0143. The lowest BCUT2D eigenvalue weighted by Gasteiger charge is -2.50. The maximum atomic E-state index is 12.1. The number of halogens is 4. The summed E-state index contributed by atoms with van der Waals surface area (Å²) in [7, 11) is 0. The molecule has 3 aliphatic heterocycles. The highest BCUT2D eigenvalue weighted by molar-refractivity contribution is 6.31. The second kappa shape index (κ2) is 10.9. The van der Waals surface area contributed by atoms with Crippen molar-refractivity contribution in [2.24, 2.45) is 5.92 Å². The van der Waals surface area contributed by atoms with Crippen molar-refractivity contribution < 1.29 is 32.6 Å². The lowest BCUT2D eigenvalue weighted by Crippen LogP contribution is -2.64. The van der Waals surface area contributed by atoms with Crippen LogP contribution in [-0.4, -0.2) is 78.0 Å². The van der Waals surface area contributed by atoms with E-state index >= 15 is 0 Å². The van der Waals surface area contributed by atoms with E-state index in [9.17, 15) is 18.0 Å². The summed E-state index contributed by atoms with van der Waals surface area (Å²) in [5.74, 6) is -2.23. The number of hydrogen-bond donors (Lipinski definition) is 2. The van der Waals surface area contributed by atoms with Gasteiger partial charge in [0.2, 0.25) is 0 Å². The summed E-state index contributed by atoms with van der Waals surface area (Å²) in [6.07, 6.45) is -0.721. The Morgan fingerprint density at radius 3 is 2.45 bits per heavy atom. The normalized spacial score (nSPS) is 21.9. The second-order valence-corrected chi connectivity index (χ2v) is 9.06. The second-order valence-electron chi connectivity index (χ2n) is 8.65. The maximum Gasteiger partial charge on any atom is 0.490 e. The van der Waals surface area contributed by atoms with E-state index in [-0.39, 0.29) is 11.6 Å². The van der Waals surface area contributed by atoms with E-state index < -0.39 is 12.1 Å². The first-order valence-electron chi connectivity index (χ1n) is 11.0. The number of ether oxygens (including phenoxy) is 1. The summed E-state index contributed by atoms with van der Waals surface area (Å²) in [5, 5.41) is 11.1. The number of nitrogens with zero attached hydrogens (tertiary/aromatic N) is 2. The van der Waals surface area contributed by atoms with Gasteiger partial charge in [0.1, 0.15) is 0 Å². The van der Waals surface area contributed by atoms with Crippen LogP contribution in [0.5, 0.6) is 0 Å². The molecule has 3 aliphatic rings. The molecular weight excluding hydrogens is 463 g/mol. The van der Waals surface area contributed by atoms with Crippen LogP contribution in [0, 0.1) is 5.92 Å². The third-order valence-electron chi connectivity index (χ3n) is 6.34. The highest BCUT2D eigenvalue weighted by Crippen LogP contribution is 2.42. The van der Waals surface area contributed by atoms with Gasteiger partial charge in [-0.2, -0.15) is 13.2 Å². The van der Waals surface area contributed by atoms with Gasteiger partial charge in [-0.3, -0.25) is 4.90 Å². The van der Waals surface area contributed by atoms with Crippen molar-refractivity contribution in [1.29, 1.82) is 0 Å². The van der Waals surface area contributed by atoms with Crippen LogP contribution in [0.4, 0.5) is 18.0 Å². The predicted octanol–water partition coefficient (Wildman–Crippen LogP) is 3.76. The Labute approximate surface area is 195 Å². The fraction of sp³-hybridized carbons (Fsp3) is 0.636. The molecule has 184 valence electrons. The summed E-state index contributed by atoms with van der Waals surface area (Å²) >= 11 is 6.28. The molecule has 3 saturated heterocycles. The molecule has 33 heavy (non-hydrogen) atoms. The Balaban J connectivity index is 0.000000383. The number of rotatable bonds is 5. The fourth-order valence-electron chi connectivity index (χ4n) is 4.62. The van der Waals surface area contributed by atoms with Crippen LogP contribution in [0.15, 0.2) is 24.3 Å². The van der Waals surface area contributed by atoms with E-state index in [1.807, 2.05) is 23.1 Å². The molecule has 2 N–H and O–H groups in total. The average molecular weight is 492 g/mol. The van der Waals surface area contributed by atoms with Gasteiger partial charge in [0.15, 0.2) is 0 Å². The number of carbonyl (C=O) groups excluding carboxylic acids is 1. The molecule has 1 aromatic carbocycles. The fourth-order valence-corrected chi connectivity index (χ4v) is 4.81. The Bertz CT molecular complexity index is 827. The Hall–Kier alpha value is -2.04. The topological polar surface area (TPSA) is 82.1 Å². The zero-order valence-electron chi connectivity index (χ0n) is 18.2. The van der Waals surface area contributed by atoms with Crippen molar-refractivity contribution in [3.05, 3.63) is 34.9 Å². The number of carboxylic acid groups (broad SMARTS) is 1. The molecule has 4 rings (SSSR count). The first-order chi connectivity index (χ1) is 15.6. The van der Waals surface area contributed by atoms with E-state index in [0.29, 0.717) is 5.92 Å². The number of alkyl halides is 3. The van der Waals surface area contributed by atoms with Gasteiger partial charge in [-0.15, -0.1) is 0 Å². The SMILES string of the molecule is O=C(NCCC1CCOC12CN(Cc1ccccc1Cl)C2)N1CCCC1.O=C(O)C(F)(F)F. The van der Waals surface area contributed by atoms with Crippen molar-refractivity contribution in [2.75, 3.05) is 39.3 Å². The maximum absolute atomic E-state index is 12.1. The van der Waals surface area contributed by atoms with E-state index in [2.05, 4.69) is 16.3 Å². The summed E-state index contributed by atoms with van der Waals surface area (Å²) < 4.78 is 37.9. The minimum atomic E-state index is -5.08. The largest absolute Gasteiger partial charge is 0.490 e. The van der Waals surface area contributed by atoms with Gasteiger partial charge in [-0.05, 0) is 43.2 Å². The molecule has 0 aromatic heterocycles. The van der Waals surface area contributed by atoms with Crippen LogP contribution in [-0.2, 0) is 16.1 Å². The van der Waals surface area contributed by atoms with Gasteiger partial charge in [0.25, 0.3) is 0 Å². The Kier molecular flexibility index (Phi) is 8.47. The number of carboxylic acids is 1. The van der Waals surface area contributed by atoms with Crippen LogP contribution >= 0.6 is 11.6 Å². The number of benzene rings is 1. The molecule has 0 radical (unpaired) electrons. The molecule has 7 nitrogen and oxygen atoms in total. The average Bonchev–Trinajstić information content (AvgIpc) is 3.39. The summed E-state index contributed by atoms with van der Waals surface area (Å²) in [5.41, 5.74) is 1.16. The molecule has 1 spiro atoms. The van der Waals surface area contributed by atoms with Crippen LogP contribution < -0.4 is 5.32 Å². The van der Waals surface area contributed by atoms with E-state index in [1.165, 1.54) is 5.56 Å². The van der Waals surface area contributed by atoms with E-state index in [1.54, 1.807) is 0 Å². The summed E-state index contributed by atoms with van der Waals surface area (Å²) in [6, 6.07) is 8.15. The van der Waals surface area contributed by atoms with Gasteiger partial charge in [0.05, 0.1) is 5.60 Å². The first-order valence-corrected chi connectivity index (χ1v) is 11.4. The van der Waals surface area contributed by atoms with Crippen LogP contribution in [0.1, 0.15) is 31.2 Å². The van der Waals surface area contributed by atoms with Crippen molar-refractivity contribution in [1.82, 2.24) is 15.1 Å². The number of urea groups is 1. The predicted molar refractivity (Wildman–Crippen MR) is 116 cm³/mol. The zero-order chi connectivity index (χ0) is 24.1. The molecule has 3 fully saturated rings. The molecule has 2 amide bonds. The monoisotopic (exact) mass is 491 g/mol. The number of amides is 2. The van der Waals surface area contributed by atoms with Gasteiger partial charge in [-0.1, -0.05) is 29.8 Å². The minimum Gasteiger partial charge on any atom is -0.475 e. The first kappa shape index (κ1) is 25.6. The number of nitrogens with one attached hydrogen (secondary N) is 1. The smallest absolute Gasteiger partial charge is 0.475 e. The van der Waals surface area contributed by atoms with Crippen LogP contribution in [0.2, 0.25) is 5.02 Å². The molecule has 0 saturated carbocycles.